The highest BCUT2D eigenvalue weighted by Crippen LogP contribution is 2.25. The van der Waals surface area contributed by atoms with Gasteiger partial charge in [0.05, 0.1) is 0 Å². The van der Waals surface area contributed by atoms with Crippen molar-refractivity contribution in [2.24, 2.45) is 5.92 Å². The smallest absolute Gasteiger partial charge is 0.125 e. The summed E-state index contributed by atoms with van der Waals surface area (Å²) in [5, 5.41) is 3.45. The third-order valence-electron chi connectivity index (χ3n) is 3.68. The summed E-state index contributed by atoms with van der Waals surface area (Å²) in [5.74, 6) is 1.88. The Labute approximate surface area is 105 Å². The molecule has 2 heteroatoms. The average Bonchev–Trinajstić information content (AvgIpc) is 2.78. The fourth-order valence-corrected chi connectivity index (χ4v) is 2.41. The Morgan fingerprint density at radius 1 is 1.24 bits per heavy atom. The topological polar surface area (TPSA) is 24.9 Å². The first-order chi connectivity index (χ1) is 8.05. The number of nitrogens with zero attached hydrogens (tertiary/aromatic N) is 1. The van der Waals surface area contributed by atoms with E-state index in [0.29, 0.717) is 0 Å². The Hall–Kier alpha value is -1.05. The Morgan fingerprint density at radius 3 is 2.47 bits per heavy atom. The van der Waals surface area contributed by atoms with Crippen molar-refractivity contribution < 1.29 is 0 Å². The molecule has 0 bridgehead atoms. The van der Waals surface area contributed by atoms with Gasteiger partial charge in [0.2, 0.25) is 0 Å². The van der Waals surface area contributed by atoms with Gasteiger partial charge in [-0.2, -0.15) is 0 Å². The summed E-state index contributed by atoms with van der Waals surface area (Å²) in [4.78, 5) is 4.49. The molecule has 1 aromatic rings. The van der Waals surface area contributed by atoms with Crippen molar-refractivity contribution in [3.63, 3.8) is 0 Å². The molecule has 1 aliphatic rings. The minimum absolute atomic E-state index is 0.191. The van der Waals surface area contributed by atoms with Crippen LogP contribution in [0.4, 0.5) is 5.82 Å². The quantitative estimate of drug-likeness (QED) is 0.852. The molecule has 1 saturated carbocycles. The fraction of sp³-hybridized carbons (Fsp3) is 0.667. The van der Waals surface area contributed by atoms with E-state index in [1.165, 1.54) is 31.2 Å². The summed E-state index contributed by atoms with van der Waals surface area (Å²) in [6, 6.07) is 4.29. The zero-order valence-corrected chi connectivity index (χ0v) is 11.3. The van der Waals surface area contributed by atoms with Crippen molar-refractivity contribution >= 4 is 5.82 Å². The summed E-state index contributed by atoms with van der Waals surface area (Å²) < 4.78 is 0. The monoisotopic (exact) mass is 232 g/mol. The second-order valence-electron chi connectivity index (χ2n) is 6.21. The van der Waals surface area contributed by atoms with Gasteiger partial charge in [-0.15, -0.1) is 0 Å². The van der Waals surface area contributed by atoms with E-state index in [4.69, 9.17) is 0 Å². The van der Waals surface area contributed by atoms with Crippen LogP contribution in [0.1, 0.15) is 52.0 Å². The number of rotatable bonds is 3. The molecule has 1 fully saturated rings. The lowest BCUT2D eigenvalue weighted by atomic mass is 9.88. The maximum absolute atomic E-state index is 4.49. The summed E-state index contributed by atoms with van der Waals surface area (Å²) in [6.07, 6.45) is 7.57. The highest BCUT2D eigenvalue weighted by Gasteiger charge is 2.15. The average molecular weight is 232 g/mol. The molecule has 0 spiro atoms. The van der Waals surface area contributed by atoms with E-state index in [-0.39, 0.29) is 5.41 Å². The number of nitrogens with one attached hydrogen (secondary N) is 1. The van der Waals surface area contributed by atoms with Crippen molar-refractivity contribution in [3.8, 4) is 0 Å². The molecule has 0 saturated heterocycles. The third kappa shape index (κ3) is 3.45. The third-order valence-corrected chi connectivity index (χ3v) is 3.68. The SMILES string of the molecule is CC(C)(C)c1ccc(NCC2CCCC2)nc1. The first-order valence-corrected chi connectivity index (χ1v) is 6.76. The molecular weight excluding hydrogens is 208 g/mol. The van der Waals surface area contributed by atoms with Gasteiger partial charge in [0, 0.05) is 12.7 Å². The minimum Gasteiger partial charge on any atom is -0.370 e. The molecule has 2 nitrogen and oxygen atoms in total. The van der Waals surface area contributed by atoms with E-state index in [1.807, 2.05) is 6.20 Å². The van der Waals surface area contributed by atoms with Crippen LogP contribution in [-0.2, 0) is 5.41 Å². The molecule has 0 aliphatic heterocycles. The first kappa shape index (κ1) is 12.4. The number of aromatic nitrogens is 1. The van der Waals surface area contributed by atoms with Gasteiger partial charge >= 0.3 is 0 Å². The highest BCUT2D eigenvalue weighted by atomic mass is 15.0. The van der Waals surface area contributed by atoms with Crippen LogP contribution in [0, 0.1) is 5.92 Å². The van der Waals surface area contributed by atoms with E-state index in [9.17, 15) is 0 Å². The molecule has 0 atom stereocenters. The summed E-state index contributed by atoms with van der Waals surface area (Å²) >= 11 is 0. The molecule has 0 unspecified atom stereocenters. The van der Waals surface area contributed by atoms with Gasteiger partial charge in [-0.05, 0) is 35.8 Å². The summed E-state index contributed by atoms with van der Waals surface area (Å²) in [5.41, 5.74) is 1.49. The standard InChI is InChI=1S/C15H24N2/c1-15(2,3)13-8-9-14(17-11-13)16-10-12-6-4-5-7-12/h8-9,11-12H,4-7,10H2,1-3H3,(H,16,17). The van der Waals surface area contributed by atoms with E-state index in [0.717, 1.165) is 18.3 Å². The zero-order chi connectivity index (χ0) is 12.3. The van der Waals surface area contributed by atoms with Crippen molar-refractivity contribution in [1.29, 1.82) is 0 Å². The Morgan fingerprint density at radius 2 is 1.94 bits per heavy atom. The van der Waals surface area contributed by atoms with E-state index in [1.54, 1.807) is 0 Å². The molecule has 0 amide bonds. The van der Waals surface area contributed by atoms with Crippen LogP contribution in [-0.4, -0.2) is 11.5 Å². The van der Waals surface area contributed by atoms with E-state index >= 15 is 0 Å². The molecule has 1 heterocycles. The minimum atomic E-state index is 0.191. The fourth-order valence-electron chi connectivity index (χ4n) is 2.41. The molecule has 94 valence electrons. The largest absolute Gasteiger partial charge is 0.370 e. The van der Waals surface area contributed by atoms with E-state index in [2.05, 4.69) is 43.2 Å². The molecule has 0 aromatic carbocycles. The van der Waals surface area contributed by atoms with Crippen LogP contribution in [0.2, 0.25) is 0 Å². The predicted octanol–water partition coefficient (Wildman–Crippen LogP) is 3.98. The van der Waals surface area contributed by atoms with Crippen LogP contribution >= 0.6 is 0 Å². The second-order valence-corrected chi connectivity index (χ2v) is 6.21. The molecule has 1 N–H and O–H groups in total. The number of anilines is 1. The Kier molecular flexibility index (Phi) is 3.70. The Balaban J connectivity index is 1.89. The zero-order valence-electron chi connectivity index (χ0n) is 11.3. The maximum Gasteiger partial charge on any atom is 0.125 e. The van der Waals surface area contributed by atoms with Crippen LogP contribution in [0.25, 0.3) is 0 Å². The number of pyridine rings is 1. The van der Waals surface area contributed by atoms with Crippen LogP contribution < -0.4 is 5.32 Å². The van der Waals surface area contributed by atoms with Crippen LogP contribution in [0.3, 0.4) is 0 Å². The molecular formula is C15H24N2. The molecule has 2 rings (SSSR count). The van der Waals surface area contributed by atoms with Crippen LogP contribution in [0.5, 0.6) is 0 Å². The predicted molar refractivity (Wildman–Crippen MR) is 73.4 cm³/mol. The highest BCUT2D eigenvalue weighted by molar-refractivity contribution is 5.37. The number of hydrogen-bond donors (Lipinski definition) is 1. The normalized spacial score (nSPS) is 17.4. The van der Waals surface area contributed by atoms with Gasteiger partial charge in [-0.1, -0.05) is 39.7 Å². The number of hydrogen-bond acceptors (Lipinski definition) is 2. The lowest BCUT2D eigenvalue weighted by Crippen LogP contribution is -2.14. The van der Waals surface area contributed by atoms with Crippen molar-refractivity contribution in [2.75, 3.05) is 11.9 Å². The molecule has 0 radical (unpaired) electrons. The van der Waals surface area contributed by atoms with Gasteiger partial charge < -0.3 is 5.32 Å². The first-order valence-electron chi connectivity index (χ1n) is 6.76. The van der Waals surface area contributed by atoms with Gasteiger partial charge in [0.25, 0.3) is 0 Å². The lowest BCUT2D eigenvalue weighted by Gasteiger charge is -2.19. The second kappa shape index (κ2) is 5.07. The molecule has 1 aromatic heterocycles. The molecule has 1 aliphatic carbocycles. The van der Waals surface area contributed by atoms with Crippen molar-refractivity contribution in [2.45, 2.75) is 51.9 Å². The Bertz CT molecular complexity index is 342. The van der Waals surface area contributed by atoms with Gasteiger partial charge in [0.15, 0.2) is 0 Å². The van der Waals surface area contributed by atoms with Crippen molar-refractivity contribution in [1.82, 2.24) is 4.98 Å². The van der Waals surface area contributed by atoms with Crippen LogP contribution in [0.15, 0.2) is 18.3 Å². The lowest BCUT2D eigenvalue weighted by molar-refractivity contribution is 0.577. The van der Waals surface area contributed by atoms with Gasteiger partial charge in [-0.3, -0.25) is 0 Å². The van der Waals surface area contributed by atoms with Gasteiger partial charge in [0.1, 0.15) is 5.82 Å². The summed E-state index contributed by atoms with van der Waals surface area (Å²) in [6.45, 7) is 7.74. The summed E-state index contributed by atoms with van der Waals surface area (Å²) in [7, 11) is 0. The van der Waals surface area contributed by atoms with E-state index < -0.39 is 0 Å². The maximum atomic E-state index is 4.49. The molecule has 17 heavy (non-hydrogen) atoms. The van der Waals surface area contributed by atoms with Crippen molar-refractivity contribution in [3.05, 3.63) is 23.9 Å². The van der Waals surface area contributed by atoms with Gasteiger partial charge in [-0.25, -0.2) is 4.98 Å².